The second-order valence-electron chi connectivity index (χ2n) is 7.26. The first kappa shape index (κ1) is 16.0. The van der Waals surface area contributed by atoms with Gasteiger partial charge in [-0.3, -0.25) is 10.2 Å². The number of hydrogen-bond acceptors (Lipinski definition) is 6. The van der Waals surface area contributed by atoms with E-state index in [0.717, 1.165) is 24.3 Å². The Balaban J connectivity index is 1.32. The van der Waals surface area contributed by atoms with Gasteiger partial charge >= 0.3 is 0 Å². The van der Waals surface area contributed by atoms with Crippen LogP contribution in [-0.2, 0) is 4.74 Å². The Morgan fingerprint density at radius 2 is 2.08 bits per heavy atom. The van der Waals surface area contributed by atoms with Crippen LogP contribution in [0.4, 0.5) is 5.82 Å². The van der Waals surface area contributed by atoms with Crippen molar-refractivity contribution < 1.29 is 4.74 Å². The van der Waals surface area contributed by atoms with Crippen LogP contribution in [0, 0.1) is 5.92 Å². The van der Waals surface area contributed by atoms with E-state index in [2.05, 4.69) is 25.2 Å². The second kappa shape index (κ2) is 6.21. The van der Waals surface area contributed by atoms with Crippen molar-refractivity contribution in [3.05, 3.63) is 41.7 Å². The molecule has 1 atom stereocenters. The molecule has 134 valence electrons. The van der Waals surface area contributed by atoms with E-state index in [0.29, 0.717) is 22.8 Å². The summed E-state index contributed by atoms with van der Waals surface area (Å²) in [6.45, 7) is 4.08. The van der Waals surface area contributed by atoms with Crippen LogP contribution in [0.25, 0.3) is 11.3 Å². The normalized spacial score (nSPS) is 29.5. The van der Waals surface area contributed by atoms with E-state index >= 15 is 0 Å². The van der Waals surface area contributed by atoms with Crippen LogP contribution in [0.5, 0.6) is 0 Å². The number of nitrogens with one attached hydrogen (secondary N) is 1. The first-order valence-corrected chi connectivity index (χ1v) is 9.39. The van der Waals surface area contributed by atoms with Gasteiger partial charge in [0.1, 0.15) is 17.7 Å². The lowest BCUT2D eigenvalue weighted by atomic mass is 9.75. The highest BCUT2D eigenvalue weighted by Gasteiger charge is 2.51. The largest absolute Gasteiger partial charge is 0.455 e. The molecule has 4 aliphatic heterocycles. The lowest BCUT2D eigenvalue weighted by Gasteiger charge is -2.50. The molecule has 6 nitrogen and oxygen atoms in total. The van der Waals surface area contributed by atoms with E-state index in [1.54, 1.807) is 0 Å². The van der Waals surface area contributed by atoms with Crippen molar-refractivity contribution >= 4 is 23.4 Å². The summed E-state index contributed by atoms with van der Waals surface area (Å²) in [4.78, 5) is 15.8. The van der Waals surface area contributed by atoms with Crippen LogP contribution >= 0.6 is 11.6 Å². The quantitative estimate of drug-likeness (QED) is 0.881. The van der Waals surface area contributed by atoms with Gasteiger partial charge in [0.2, 0.25) is 0 Å². The molecule has 4 aliphatic rings. The highest BCUT2D eigenvalue weighted by Crippen LogP contribution is 2.40. The maximum absolute atomic E-state index is 6.31. The van der Waals surface area contributed by atoms with Crippen molar-refractivity contribution in [2.24, 2.45) is 10.9 Å². The molecule has 3 fully saturated rings. The van der Waals surface area contributed by atoms with Gasteiger partial charge in [-0.2, -0.15) is 0 Å². The van der Waals surface area contributed by atoms with Crippen LogP contribution < -0.4 is 5.32 Å². The third kappa shape index (κ3) is 2.83. The SMILES string of the molecule is Clc1cccc(-c2cc(NC3=NC[C@@]4(CN5CCC4CC5)O3)ncn2)c1. The van der Waals surface area contributed by atoms with Crippen molar-refractivity contribution in [3.8, 4) is 11.3 Å². The average Bonchev–Trinajstić information content (AvgIpc) is 3.05. The zero-order valence-electron chi connectivity index (χ0n) is 14.4. The van der Waals surface area contributed by atoms with Gasteiger partial charge in [0.05, 0.1) is 12.2 Å². The lowest BCUT2D eigenvalue weighted by molar-refractivity contribution is -0.0829. The zero-order chi connectivity index (χ0) is 17.6. The third-order valence-electron chi connectivity index (χ3n) is 5.64. The maximum atomic E-state index is 6.31. The first-order valence-electron chi connectivity index (χ1n) is 9.01. The van der Waals surface area contributed by atoms with E-state index in [1.165, 1.54) is 32.3 Å². The van der Waals surface area contributed by atoms with E-state index in [1.807, 2.05) is 30.3 Å². The van der Waals surface area contributed by atoms with Gasteiger partial charge in [-0.15, -0.1) is 0 Å². The van der Waals surface area contributed by atoms with Crippen LogP contribution in [0.3, 0.4) is 0 Å². The van der Waals surface area contributed by atoms with Crippen molar-refractivity contribution in [1.82, 2.24) is 14.9 Å². The molecule has 2 bridgehead atoms. The minimum absolute atomic E-state index is 0.151. The molecule has 1 N–H and O–H groups in total. The number of aromatic nitrogens is 2. The number of benzene rings is 1. The molecule has 26 heavy (non-hydrogen) atoms. The van der Waals surface area contributed by atoms with Gasteiger partial charge in [-0.1, -0.05) is 23.7 Å². The number of halogens is 1. The molecule has 0 saturated carbocycles. The Morgan fingerprint density at radius 1 is 1.19 bits per heavy atom. The fraction of sp³-hybridized carbons (Fsp3) is 0.421. The van der Waals surface area contributed by atoms with E-state index < -0.39 is 0 Å². The number of anilines is 1. The Kier molecular flexibility index (Phi) is 3.83. The molecule has 5 heterocycles. The Labute approximate surface area is 157 Å². The number of aliphatic imine (C=N–C) groups is 1. The van der Waals surface area contributed by atoms with Crippen molar-refractivity contribution in [3.63, 3.8) is 0 Å². The van der Waals surface area contributed by atoms with Crippen LogP contribution in [0.15, 0.2) is 41.7 Å². The predicted octanol–water partition coefficient (Wildman–Crippen LogP) is 3.06. The molecule has 7 heteroatoms. The molecular weight excluding hydrogens is 350 g/mol. The number of piperidine rings is 3. The summed E-state index contributed by atoms with van der Waals surface area (Å²) in [5.74, 6) is 1.27. The summed E-state index contributed by atoms with van der Waals surface area (Å²) >= 11 is 6.08. The highest BCUT2D eigenvalue weighted by atomic mass is 35.5. The predicted molar refractivity (Wildman–Crippen MR) is 101 cm³/mol. The molecule has 0 radical (unpaired) electrons. The molecule has 1 aromatic heterocycles. The number of nitrogens with zero attached hydrogens (tertiary/aromatic N) is 4. The molecule has 0 unspecified atom stereocenters. The number of amidine groups is 1. The fourth-order valence-electron chi connectivity index (χ4n) is 4.29. The van der Waals surface area contributed by atoms with Crippen LogP contribution in [0.2, 0.25) is 5.02 Å². The summed E-state index contributed by atoms with van der Waals surface area (Å²) in [6.07, 6.45) is 3.95. The smallest absolute Gasteiger partial charge is 0.291 e. The Hall–Kier alpha value is -2.18. The molecule has 3 saturated heterocycles. The van der Waals surface area contributed by atoms with Gasteiger partial charge in [0.25, 0.3) is 6.02 Å². The Bertz CT molecular complexity index is 865. The summed E-state index contributed by atoms with van der Waals surface area (Å²) in [6, 6.07) is 10.1. The number of rotatable bonds is 2. The van der Waals surface area contributed by atoms with Gasteiger partial charge in [0, 0.05) is 29.1 Å². The van der Waals surface area contributed by atoms with E-state index in [4.69, 9.17) is 16.3 Å². The highest BCUT2D eigenvalue weighted by molar-refractivity contribution is 6.30. The summed E-state index contributed by atoms with van der Waals surface area (Å²) in [5.41, 5.74) is 1.61. The average molecular weight is 370 g/mol. The molecular formula is C19H20ClN5O. The van der Waals surface area contributed by atoms with Gasteiger partial charge < -0.3 is 4.74 Å². The summed E-state index contributed by atoms with van der Waals surface area (Å²) < 4.78 is 6.31. The number of hydrogen-bond donors (Lipinski definition) is 1. The zero-order valence-corrected chi connectivity index (χ0v) is 15.1. The lowest BCUT2D eigenvalue weighted by Crippen LogP contribution is -2.61. The van der Waals surface area contributed by atoms with E-state index in [-0.39, 0.29) is 5.60 Å². The van der Waals surface area contributed by atoms with Crippen molar-refractivity contribution in [1.29, 1.82) is 0 Å². The van der Waals surface area contributed by atoms with E-state index in [9.17, 15) is 0 Å². The second-order valence-corrected chi connectivity index (χ2v) is 7.70. The number of fused-ring (bicyclic) bond motifs is 2. The monoisotopic (exact) mass is 369 g/mol. The van der Waals surface area contributed by atoms with Crippen LogP contribution in [0.1, 0.15) is 12.8 Å². The topological polar surface area (TPSA) is 62.6 Å². The molecule has 1 aromatic carbocycles. The minimum atomic E-state index is -0.151. The maximum Gasteiger partial charge on any atom is 0.291 e. The summed E-state index contributed by atoms with van der Waals surface area (Å²) in [5, 5.41) is 3.91. The molecule has 2 aromatic rings. The van der Waals surface area contributed by atoms with Gasteiger partial charge in [0.15, 0.2) is 0 Å². The van der Waals surface area contributed by atoms with Gasteiger partial charge in [-0.25, -0.2) is 15.0 Å². The van der Waals surface area contributed by atoms with Gasteiger partial charge in [-0.05, 0) is 38.1 Å². The Morgan fingerprint density at radius 3 is 2.85 bits per heavy atom. The van der Waals surface area contributed by atoms with Crippen molar-refractivity contribution in [2.45, 2.75) is 18.4 Å². The third-order valence-corrected chi connectivity index (χ3v) is 5.87. The fourth-order valence-corrected chi connectivity index (χ4v) is 4.48. The number of ether oxygens (including phenoxy) is 1. The summed E-state index contributed by atoms with van der Waals surface area (Å²) in [7, 11) is 0. The van der Waals surface area contributed by atoms with Crippen molar-refractivity contribution in [2.75, 3.05) is 31.5 Å². The molecule has 6 rings (SSSR count). The standard InChI is InChI=1S/C19H20ClN5O/c20-15-3-1-2-13(8-15)16-9-17(23-12-22-16)24-18-21-10-19(26-18)11-25-6-4-14(19)5-7-25/h1-3,8-9,12,14H,4-7,10-11H2,(H,21,22,23,24)/t19-/m0/s1. The van der Waals surface area contributed by atoms with Crippen LogP contribution in [-0.4, -0.2) is 52.7 Å². The first-order chi connectivity index (χ1) is 12.7. The molecule has 1 spiro atoms. The molecule has 0 amide bonds. The minimum Gasteiger partial charge on any atom is -0.455 e. The molecule has 0 aliphatic carbocycles.